The number of carbonyl (C=O) groups excluding carboxylic acids is 3. The Morgan fingerprint density at radius 3 is 2.29 bits per heavy atom. The van der Waals surface area contributed by atoms with Gasteiger partial charge in [-0.05, 0) is 78.7 Å². The maximum atomic E-state index is 13.8. The number of H-pyrrole nitrogens is 2. The van der Waals surface area contributed by atoms with E-state index in [0.717, 1.165) is 101 Å². The lowest BCUT2D eigenvalue weighted by atomic mass is 9.90. The standard InChI is InChI=1S/C45H50N6O5/c1-28(2)35(25-40(52)55-3)44(53)50-22-8-15-39(50)43-47-36-13-7-12-33-24-32(20-21-34(33)41(36)49-43)30-16-18-31(19-17-30)37-26-46-42(48-37)38-14-9-23-51(38)45(54)56-27-29-10-5-4-6-11-29/h4-6,10-11,16-21,24,26,28,35,38-39H,7-9,12-15,22-23,25,27H2,1-3H3,(H,46,48)(H,47,49)/t35-,38-,39-/m0/s1. The average Bonchev–Trinajstić information content (AvgIpc) is 4.05. The molecule has 56 heavy (non-hydrogen) atoms. The van der Waals surface area contributed by atoms with Gasteiger partial charge in [-0.1, -0.05) is 86.6 Å². The van der Waals surface area contributed by atoms with Crippen molar-refractivity contribution in [3.8, 4) is 33.6 Å². The second-order valence-electron chi connectivity index (χ2n) is 15.6. The van der Waals surface area contributed by atoms with Crippen LogP contribution < -0.4 is 0 Å². The van der Waals surface area contributed by atoms with E-state index >= 15 is 0 Å². The first kappa shape index (κ1) is 37.2. The predicted molar refractivity (Wildman–Crippen MR) is 213 cm³/mol. The van der Waals surface area contributed by atoms with Gasteiger partial charge < -0.3 is 24.3 Å². The Labute approximate surface area is 327 Å². The van der Waals surface area contributed by atoms with E-state index in [9.17, 15) is 14.4 Å². The molecule has 3 aliphatic rings. The minimum absolute atomic E-state index is 0.000674. The molecule has 11 nitrogen and oxygen atoms in total. The maximum absolute atomic E-state index is 13.8. The summed E-state index contributed by atoms with van der Waals surface area (Å²) in [6.45, 7) is 5.52. The van der Waals surface area contributed by atoms with E-state index < -0.39 is 5.92 Å². The van der Waals surface area contributed by atoms with Crippen molar-refractivity contribution in [2.75, 3.05) is 20.2 Å². The highest BCUT2D eigenvalue weighted by atomic mass is 16.6. The van der Waals surface area contributed by atoms with Gasteiger partial charge in [0.2, 0.25) is 5.91 Å². The SMILES string of the molecule is COC(=O)C[C@H](C(=O)N1CCC[C@H]1c1nc2c([nH]1)CCCc1cc(-c3ccc(-c4cnc([C@@H]5CCCN5C(=O)OCc5ccccc5)[nH]4)cc3)ccc1-2)C(C)C. The number of imidazole rings is 2. The van der Waals surface area contributed by atoms with Crippen molar-refractivity contribution >= 4 is 18.0 Å². The number of rotatable bonds is 10. The number of nitrogens with one attached hydrogen (secondary N) is 2. The zero-order valence-electron chi connectivity index (χ0n) is 32.4. The number of hydrogen-bond donors (Lipinski definition) is 2. The minimum Gasteiger partial charge on any atom is -0.469 e. The third kappa shape index (κ3) is 7.59. The normalized spacial score (nSPS) is 18.4. The third-order valence-electron chi connectivity index (χ3n) is 11.8. The molecular formula is C45H50N6O5. The molecule has 2 amide bonds. The highest BCUT2D eigenvalue weighted by Gasteiger charge is 2.38. The fourth-order valence-electron chi connectivity index (χ4n) is 8.62. The molecule has 0 saturated carbocycles. The molecule has 2 fully saturated rings. The number of aromatic nitrogens is 4. The zero-order chi connectivity index (χ0) is 38.8. The molecular weight excluding hydrogens is 705 g/mol. The van der Waals surface area contributed by atoms with E-state index in [1.807, 2.05) is 55.3 Å². The van der Waals surface area contributed by atoms with Crippen LogP contribution in [0.25, 0.3) is 33.6 Å². The number of aromatic amines is 2. The van der Waals surface area contributed by atoms with Crippen LogP contribution in [0.1, 0.15) is 92.9 Å². The first-order chi connectivity index (χ1) is 27.3. The number of aryl methyl sites for hydroxylation is 2. The molecule has 4 heterocycles. The summed E-state index contributed by atoms with van der Waals surface area (Å²) < 4.78 is 10.6. The number of methoxy groups -OCH3 is 1. The molecule has 2 aromatic heterocycles. The Hall–Kier alpha value is -5.71. The van der Waals surface area contributed by atoms with Crippen LogP contribution in [0.5, 0.6) is 0 Å². The summed E-state index contributed by atoms with van der Waals surface area (Å²) in [5, 5.41) is 0. The monoisotopic (exact) mass is 754 g/mol. The Morgan fingerprint density at radius 2 is 1.54 bits per heavy atom. The summed E-state index contributed by atoms with van der Waals surface area (Å²) in [5.74, 6) is 0.843. The van der Waals surface area contributed by atoms with Crippen LogP contribution in [0, 0.1) is 11.8 Å². The van der Waals surface area contributed by atoms with Gasteiger partial charge >= 0.3 is 12.1 Å². The highest BCUT2D eigenvalue weighted by molar-refractivity contribution is 5.84. The van der Waals surface area contributed by atoms with Gasteiger partial charge in [0.15, 0.2) is 0 Å². The Morgan fingerprint density at radius 1 is 0.821 bits per heavy atom. The lowest BCUT2D eigenvalue weighted by Gasteiger charge is -2.29. The van der Waals surface area contributed by atoms with Crippen molar-refractivity contribution in [3.63, 3.8) is 0 Å². The van der Waals surface area contributed by atoms with E-state index in [1.165, 1.54) is 12.7 Å². The second kappa shape index (κ2) is 16.2. The summed E-state index contributed by atoms with van der Waals surface area (Å²) in [6, 6.07) is 24.6. The molecule has 0 unspecified atom stereocenters. The number of fused-ring (bicyclic) bond motifs is 3. The van der Waals surface area contributed by atoms with E-state index in [2.05, 4.69) is 52.4 Å². The van der Waals surface area contributed by atoms with Crippen LogP contribution in [0.15, 0.2) is 79.0 Å². The number of esters is 1. The molecule has 2 N–H and O–H groups in total. The maximum Gasteiger partial charge on any atom is 0.410 e. The van der Waals surface area contributed by atoms with Crippen molar-refractivity contribution in [2.45, 2.75) is 83.9 Å². The van der Waals surface area contributed by atoms with Crippen molar-refractivity contribution in [2.24, 2.45) is 11.8 Å². The Kier molecular flexibility index (Phi) is 10.8. The number of hydrogen-bond acceptors (Lipinski definition) is 7. The van der Waals surface area contributed by atoms with Gasteiger partial charge in [-0.25, -0.2) is 14.8 Å². The van der Waals surface area contributed by atoms with Crippen LogP contribution in [0.3, 0.4) is 0 Å². The van der Waals surface area contributed by atoms with Gasteiger partial charge in [0.05, 0.1) is 49.1 Å². The van der Waals surface area contributed by atoms with Gasteiger partial charge in [-0.15, -0.1) is 0 Å². The molecule has 290 valence electrons. The molecule has 2 aliphatic heterocycles. The molecule has 0 spiro atoms. The van der Waals surface area contributed by atoms with Gasteiger partial charge in [-0.3, -0.25) is 14.5 Å². The summed E-state index contributed by atoms with van der Waals surface area (Å²) in [5.41, 5.74) is 9.66. The molecule has 2 saturated heterocycles. The molecule has 3 aromatic carbocycles. The van der Waals surface area contributed by atoms with E-state index in [1.54, 1.807) is 4.90 Å². The van der Waals surface area contributed by atoms with E-state index in [-0.39, 0.29) is 49.0 Å². The zero-order valence-corrected chi connectivity index (χ0v) is 32.4. The average molecular weight is 755 g/mol. The van der Waals surface area contributed by atoms with Gasteiger partial charge in [-0.2, -0.15) is 0 Å². The van der Waals surface area contributed by atoms with Crippen LogP contribution >= 0.6 is 0 Å². The molecule has 8 rings (SSSR count). The predicted octanol–water partition coefficient (Wildman–Crippen LogP) is 8.60. The summed E-state index contributed by atoms with van der Waals surface area (Å²) in [4.78, 5) is 59.7. The Bertz CT molecular complexity index is 2190. The lowest BCUT2D eigenvalue weighted by molar-refractivity contribution is -0.148. The topological polar surface area (TPSA) is 134 Å². The number of likely N-dealkylation sites (tertiary alicyclic amines) is 2. The minimum atomic E-state index is -0.424. The number of amides is 2. The van der Waals surface area contributed by atoms with Gasteiger partial charge in [0, 0.05) is 24.3 Å². The first-order valence-corrected chi connectivity index (χ1v) is 20.0. The molecule has 0 bridgehead atoms. The van der Waals surface area contributed by atoms with Gasteiger partial charge in [0.1, 0.15) is 18.3 Å². The molecule has 0 radical (unpaired) electrons. The van der Waals surface area contributed by atoms with E-state index in [0.29, 0.717) is 13.1 Å². The Balaban J connectivity index is 0.958. The fraction of sp³-hybridized carbons (Fsp3) is 0.400. The van der Waals surface area contributed by atoms with Crippen molar-refractivity contribution in [1.29, 1.82) is 0 Å². The number of benzene rings is 3. The summed E-state index contributed by atoms with van der Waals surface area (Å²) >= 11 is 0. The fourth-order valence-corrected chi connectivity index (χ4v) is 8.62. The number of ether oxygens (including phenoxy) is 2. The molecule has 1 aliphatic carbocycles. The number of carbonyl (C=O) groups is 3. The molecule has 5 aromatic rings. The summed E-state index contributed by atoms with van der Waals surface area (Å²) in [6.07, 6.45) is 7.93. The van der Waals surface area contributed by atoms with E-state index in [4.69, 9.17) is 19.4 Å². The third-order valence-corrected chi connectivity index (χ3v) is 11.8. The van der Waals surface area contributed by atoms with Crippen molar-refractivity contribution < 1.29 is 23.9 Å². The largest absolute Gasteiger partial charge is 0.469 e. The van der Waals surface area contributed by atoms with Crippen molar-refractivity contribution in [1.82, 2.24) is 29.7 Å². The molecule has 3 atom stereocenters. The quantitative estimate of drug-likeness (QED) is 0.137. The van der Waals surface area contributed by atoms with Gasteiger partial charge in [0.25, 0.3) is 0 Å². The smallest absolute Gasteiger partial charge is 0.410 e. The van der Waals surface area contributed by atoms with Crippen molar-refractivity contribution in [3.05, 3.63) is 107 Å². The van der Waals surface area contributed by atoms with Crippen LogP contribution in [0.2, 0.25) is 0 Å². The van der Waals surface area contributed by atoms with Crippen LogP contribution in [0.4, 0.5) is 4.79 Å². The molecule has 11 heteroatoms. The second-order valence-corrected chi connectivity index (χ2v) is 15.6. The highest BCUT2D eigenvalue weighted by Crippen LogP contribution is 2.39. The lowest BCUT2D eigenvalue weighted by Crippen LogP contribution is -2.39. The number of nitrogens with zero attached hydrogens (tertiary/aromatic N) is 4. The van der Waals surface area contributed by atoms with Crippen LogP contribution in [-0.4, -0.2) is 67.9 Å². The first-order valence-electron chi connectivity index (χ1n) is 20.0. The summed E-state index contributed by atoms with van der Waals surface area (Å²) in [7, 11) is 1.37. The van der Waals surface area contributed by atoms with Crippen LogP contribution in [-0.2, 0) is 38.5 Å².